The van der Waals surface area contributed by atoms with Crippen LogP contribution in [0.15, 0.2) is 36.4 Å². The van der Waals surface area contributed by atoms with Crippen molar-refractivity contribution in [2.24, 2.45) is 5.92 Å². The number of benzene rings is 1. The number of allylic oxidation sites excluding steroid dienone is 2. The van der Waals surface area contributed by atoms with Crippen molar-refractivity contribution >= 4 is 17.6 Å². The van der Waals surface area contributed by atoms with Gasteiger partial charge in [-0.1, -0.05) is 24.3 Å². The third kappa shape index (κ3) is 4.15. The molecule has 1 aliphatic rings. The van der Waals surface area contributed by atoms with E-state index in [1.54, 1.807) is 6.07 Å². The van der Waals surface area contributed by atoms with Gasteiger partial charge >= 0.3 is 5.97 Å². The summed E-state index contributed by atoms with van der Waals surface area (Å²) >= 11 is 0. The van der Waals surface area contributed by atoms with Gasteiger partial charge < -0.3 is 10.1 Å². The largest absolute Gasteiger partial charge is 0.452 e. The first-order valence-electron chi connectivity index (χ1n) is 6.99. The predicted molar refractivity (Wildman–Crippen MR) is 77.1 cm³/mol. The second-order valence-electron chi connectivity index (χ2n) is 5.03. The molecule has 1 aromatic carbocycles. The van der Waals surface area contributed by atoms with Gasteiger partial charge in [0, 0.05) is 0 Å². The molecule has 0 saturated carbocycles. The average Bonchev–Trinajstić information content (AvgIpc) is 2.50. The summed E-state index contributed by atoms with van der Waals surface area (Å²) in [4.78, 5) is 23.8. The van der Waals surface area contributed by atoms with Crippen molar-refractivity contribution < 1.29 is 18.7 Å². The SMILES string of the molecule is C[C@@H](OC(=O)[C@@H]1CC=CCC1)C(=O)Nc1ccccc1F. The highest BCUT2D eigenvalue weighted by molar-refractivity contribution is 5.95. The number of hydrogen-bond donors (Lipinski definition) is 1. The zero-order valence-corrected chi connectivity index (χ0v) is 11.8. The number of ether oxygens (including phenoxy) is 1. The Bertz CT molecular complexity index is 556. The molecule has 0 heterocycles. The van der Waals surface area contributed by atoms with Crippen molar-refractivity contribution in [3.05, 3.63) is 42.2 Å². The Balaban J connectivity index is 1.89. The fourth-order valence-corrected chi connectivity index (χ4v) is 2.13. The van der Waals surface area contributed by atoms with Gasteiger partial charge in [0.25, 0.3) is 5.91 Å². The Morgan fingerprint density at radius 3 is 2.76 bits per heavy atom. The number of hydrogen-bond acceptors (Lipinski definition) is 3. The number of esters is 1. The lowest BCUT2D eigenvalue weighted by Crippen LogP contribution is -2.32. The lowest BCUT2D eigenvalue weighted by atomic mass is 9.95. The fourth-order valence-electron chi connectivity index (χ4n) is 2.13. The van der Waals surface area contributed by atoms with E-state index < -0.39 is 17.8 Å². The Hall–Kier alpha value is -2.17. The van der Waals surface area contributed by atoms with E-state index in [0.717, 1.165) is 12.8 Å². The molecular formula is C16H18FNO3. The van der Waals surface area contributed by atoms with Crippen LogP contribution in [0.4, 0.5) is 10.1 Å². The van der Waals surface area contributed by atoms with Gasteiger partial charge in [0.1, 0.15) is 5.82 Å². The third-order valence-corrected chi connectivity index (χ3v) is 3.40. The maximum absolute atomic E-state index is 13.4. The molecule has 0 aromatic heterocycles. The van der Waals surface area contributed by atoms with E-state index in [-0.39, 0.29) is 17.6 Å². The summed E-state index contributed by atoms with van der Waals surface area (Å²) in [6.07, 6.45) is 5.23. The molecule has 0 unspecified atom stereocenters. The first-order valence-corrected chi connectivity index (χ1v) is 6.99. The van der Waals surface area contributed by atoms with E-state index in [2.05, 4.69) is 5.32 Å². The third-order valence-electron chi connectivity index (χ3n) is 3.40. The topological polar surface area (TPSA) is 55.4 Å². The minimum absolute atomic E-state index is 0.0750. The van der Waals surface area contributed by atoms with Gasteiger partial charge in [0.2, 0.25) is 0 Å². The highest BCUT2D eigenvalue weighted by atomic mass is 19.1. The summed E-state index contributed by atoms with van der Waals surface area (Å²) in [5.41, 5.74) is 0.0750. The van der Waals surface area contributed by atoms with Crippen LogP contribution in [0.1, 0.15) is 26.2 Å². The number of carbonyl (C=O) groups is 2. The molecule has 2 rings (SSSR count). The standard InChI is InChI=1S/C16H18FNO3/c1-11(21-16(20)12-7-3-2-4-8-12)15(19)18-14-10-6-5-9-13(14)17/h2-3,5-6,9-12H,4,7-8H2,1H3,(H,18,19)/t11-,12-/m1/s1. The second kappa shape index (κ2) is 7.02. The van der Waals surface area contributed by atoms with E-state index in [4.69, 9.17) is 4.74 Å². The van der Waals surface area contributed by atoms with Gasteiger partial charge in [-0.05, 0) is 38.3 Å². The summed E-state index contributed by atoms with van der Waals surface area (Å²) in [5, 5.41) is 2.41. The number of carbonyl (C=O) groups excluding carboxylic acids is 2. The summed E-state index contributed by atoms with van der Waals surface area (Å²) < 4.78 is 18.6. The zero-order chi connectivity index (χ0) is 15.2. The van der Waals surface area contributed by atoms with E-state index in [1.165, 1.54) is 25.1 Å². The van der Waals surface area contributed by atoms with Gasteiger partial charge in [-0.2, -0.15) is 0 Å². The predicted octanol–water partition coefficient (Wildman–Crippen LogP) is 3.05. The van der Waals surface area contributed by atoms with Crippen LogP contribution in [0.25, 0.3) is 0 Å². The van der Waals surface area contributed by atoms with E-state index in [9.17, 15) is 14.0 Å². The summed E-state index contributed by atoms with van der Waals surface area (Å²) in [5.74, 6) is -1.64. The first-order chi connectivity index (χ1) is 10.1. The van der Waals surface area contributed by atoms with Gasteiger partial charge in [-0.25, -0.2) is 4.39 Å². The number of para-hydroxylation sites is 1. The molecule has 0 fully saturated rings. The zero-order valence-electron chi connectivity index (χ0n) is 11.8. The fraction of sp³-hybridized carbons (Fsp3) is 0.375. The van der Waals surface area contributed by atoms with Gasteiger partial charge in [-0.15, -0.1) is 0 Å². The molecule has 0 spiro atoms. The molecule has 0 bridgehead atoms. The van der Waals surface area contributed by atoms with Crippen LogP contribution in [0, 0.1) is 11.7 Å². The average molecular weight is 291 g/mol. The molecule has 2 atom stereocenters. The molecule has 1 aromatic rings. The molecule has 0 saturated heterocycles. The molecule has 0 radical (unpaired) electrons. The monoisotopic (exact) mass is 291 g/mol. The number of rotatable bonds is 4. The summed E-state index contributed by atoms with van der Waals surface area (Å²) in [6, 6.07) is 5.85. The van der Waals surface area contributed by atoms with Crippen molar-refractivity contribution in [2.45, 2.75) is 32.3 Å². The van der Waals surface area contributed by atoms with Crippen molar-refractivity contribution in [3.8, 4) is 0 Å². The maximum Gasteiger partial charge on any atom is 0.310 e. The smallest absolute Gasteiger partial charge is 0.310 e. The van der Waals surface area contributed by atoms with E-state index in [1.807, 2.05) is 12.2 Å². The molecular weight excluding hydrogens is 273 g/mol. The highest BCUT2D eigenvalue weighted by Gasteiger charge is 2.25. The molecule has 1 N–H and O–H groups in total. The minimum Gasteiger partial charge on any atom is -0.452 e. The lowest BCUT2D eigenvalue weighted by molar-refractivity contribution is -0.157. The van der Waals surface area contributed by atoms with E-state index >= 15 is 0 Å². The number of nitrogens with one attached hydrogen (secondary N) is 1. The van der Waals surface area contributed by atoms with Crippen LogP contribution >= 0.6 is 0 Å². The number of anilines is 1. The van der Waals surface area contributed by atoms with Crippen molar-refractivity contribution in [1.29, 1.82) is 0 Å². The van der Waals surface area contributed by atoms with Crippen LogP contribution in [0.3, 0.4) is 0 Å². The first kappa shape index (κ1) is 15.2. The molecule has 1 aliphatic carbocycles. The highest BCUT2D eigenvalue weighted by Crippen LogP contribution is 2.20. The summed E-state index contributed by atoms with van der Waals surface area (Å²) in [6.45, 7) is 1.48. The van der Waals surface area contributed by atoms with Crippen LogP contribution in [0.5, 0.6) is 0 Å². The molecule has 4 nitrogen and oxygen atoms in total. The molecule has 112 valence electrons. The normalized spacial score (nSPS) is 18.9. The maximum atomic E-state index is 13.4. The summed E-state index contributed by atoms with van der Waals surface area (Å²) in [7, 11) is 0. The Labute approximate surface area is 123 Å². The Morgan fingerprint density at radius 2 is 2.10 bits per heavy atom. The van der Waals surface area contributed by atoms with Crippen LogP contribution in [-0.2, 0) is 14.3 Å². The molecule has 0 aliphatic heterocycles. The van der Waals surface area contributed by atoms with Gasteiger partial charge in [0.05, 0.1) is 11.6 Å². The van der Waals surface area contributed by atoms with E-state index in [0.29, 0.717) is 6.42 Å². The Morgan fingerprint density at radius 1 is 1.33 bits per heavy atom. The molecule has 21 heavy (non-hydrogen) atoms. The van der Waals surface area contributed by atoms with Crippen LogP contribution in [-0.4, -0.2) is 18.0 Å². The lowest BCUT2D eigenvalue weighted by Gasteiger charge is -2.19. The van der Waals surface area contributed by atoms with Crippen LogP contribution < -0.4 is 5.32 Å². The van der Waals surface area contributed by atoms with Crippen LogP contribution in [0.2, 0.25) is 0 Å². The number of halogens is 1. The second-order valence-corrected chi connectivity index (χ2v) is 5.03. The van der Waals surface area contributed by atoms with Gasteiger partial charge in [-0.3, -0.25) is 9.59 Å². The molecule has 5 heteroatoms. The van der Waals surface area contributed by atoms with Crippen molar-refractivity contribution in [2.75, 3.05) is 5.32 Å². The minimum atomic E-state index is -0.956. The van der Waals surface area contributed by atoms with Gasteiger partial charge in [0.15, 0.2) is 6.10 Å². The Kier molecular flexibility index (Phi) is 5.09. The quantitative estimate of drug-likeness (QED) is 0.685. The number of amides is 1. The molecule has 1 amide bonds. The van der Waals surface area contributed by atoms with Crippen molar-refractivity contribution in [3.63, 3.8) is 0 Å². The van der Waals surface area contributed by atoms with Crippen molar-refractivity contribution in [1.82, 2.24) is 0 Å².